The Bertz CT molecular complexity index is 450. The third kappa shape index (κ3) is 4.11. The summed E-state index contributed by atoms with van der Waals surface area (Å²) >= 11 is 0. The summed E-state index contributed by atoms with van der Waals surface area (Å²) in [7, 11) is 3.40. The van der Waals surface area contributed by atoms with Gasteiger partial charge in [0.2, 0.25) is 0 Å². The van der Waals surface area contributed by atoms with Crippen LogP contribution in [0.1, 0.15) is 25.8 Å². The fourth-order valence-corrected chi connectivity index (χ4v) is 3.16. The minimum Gasteiger partial charge on any atom is -0.497 e. The number of rotatable bonds is 6. The van der Waals surface area contributed by atoms with Crippen LogP contribution in [-0.4, -0.2) is 44.8 Å². The van der Waals surface area contributed by atoms with Gasteiger partial charge in [0.05, 0.1) is 14.2 Å². The molecule has 0 saturated carbocycles. The molecule has 1 N–H and O–H groups in total. The predicted octanol–water partition coefficient (Wildman–Crippen LogP) is 2.52. The van der Waals surface area contributed by atoms with E-state index in [0.29, 0.717) is 12.0 Å². The van der Waals surface area contributed by atoms with Crippen molar-refractivity contribution in [2.75, 3.05) is 33.9 Å². The number of methoxy groups -OCH3 is 2. The lowest BCUT2D eigenvalue weighted by atomic mass is 9.93. The summed E-state index contributed by atoms with van der Waals surface area (Å²) in [4.78, 5) is 2.52. The van der Waals surface area contributed by atoms with E-state index in [1.165, 1.54) is 12.0 Å². The van der Waals surface area contributed by atoms with Crippen LogP contribution in [0.15, 0.2) is 18.2 Å². The summed E-state index contributed by atoms with van der Waals surface area (Å²) in [6.07, 6.45) is 1.22. The average Bonchev–Trinajstić information content (AvgIpc) is 2.50. The molecule has 0 aliphatic carbocycles. The Kier molecular flexibility index (Phi) is 5.88. The first-order valence-corrected chi connectivity index (χ1v) is 7.84. The van der Waals surface area contributed by atoms with E-state index >= 15 is 0 Å². The summed E-state index contributed by atoms with van der Waals surface area (Å²) in [5.74, 6) is 2.44. The van der Waals surface area contributed by atoms with Crippen molar-refractivity contribution >= 4 is 0 Å². The lowest BCUT2D eigenvalue weighted by molar-refractivity contribution is 0.141. The van der Waals surface area contributed by atoms with Gasteiger partial charge in [0.15, 0.2) is 0 Å². The van der Waals surface area contributed by atoms with Crippen LogP contribution < -0.4 is 14.8 Å². The van der Waals surface area contributed by atoms with Gasteiger partial charge in [0.25, 0.3) is 0 Å². The van der Waals surface area contributed by atoms with Crippen molar-refractivity contribution < 1.29 is 9.47 Å². The molecule has 1 saturated heterocycles. The first kappa shape index (κ1) is 16.1. The molecule has 2 atom stereocenters. The van der Waals surface area contributed by atoms with Crippen LogP contribution in [-0.2, 0) is 6.54 Å². The Balaban J connectivity index is 1.99. The third-order valence-electron chi connectivity index (χ3n) is 4.34. The van der Waals surface area contributed by atoms with Crippen LogP contribution in [0.25, 0.3) is 0 Å². The molecule has 4 heteroatoms. The molecule has 1 aliphatic heterocycles. The smallest absolute Gasteiger partial charge is 0.127 e. The number of hydrogen-bond donors (Lipinski definition) is 1. The van der Waals surface area contributed by atoms with E-state index in [2.05, 4.69) is 30.1 Å². The van der Waals surface area contributed by atoms with Gasteiger partial charge in [-0.25, -0.2) is 0 Å². The maximum Gasteiger partial charge on any atom is 0.127 e. The van der Waals surface area contributed by atoms with Crippen LogP contribution in [0.5, 0.6) is 11.5 Å². The monoisotopic (exact) mass is 292 g/mol. The number of benzene rings is 1. The number of piperidine rings is 1. The molecule has 0 amide bonds. The van der Waals surface area contributed by atoms with Gasteiger partial charge in [-0.15, -0.1) is 0 Å². The van der Waals surface area contributed by atoms with E-state index in [1.54, 1.807) is 14.2 Å². The molecule has 21 heavy (non-hydrogen) atoms. The maximum atomic E-state index is 5.50. The molecule has 1 aromatic carbocycles. The van der Waals surface area contributed by atoms with Gasteiger partial charge in [0.1, 0.15) is 11.5 Å². The van der Waals surface area contributed by atoms with Crippen molar-refractivity contribution in [3.05, 3.63) is 23.8 Å². The van der Waals surface area contributed by atoms with Crippen molar-refractivity contribution in [1.29, 1.82) is 0 Å². The highest BCUT2D eigenvalue weighted by Gasteiger charge is 2.25. The highest BCUT2D eigenvalue weighted by molar-refractivity contribution is 5.40. The van der Waals surface area contributed by atoms with Crippen molar-refractivity contribution in [2.24, 2.45) is 5.92 Å². The van der Waals surface area contributed by atoms with Gasteiger partial charge in [-0.2, -0.15) is 0 Å². The Labute approximate surface area is 128 Å². The van der Waals surface area contributed by atoms with E-state index in [0.717, 1.165) is 37.7 Å². The van der Waals surface area contributed by atoms with Gasteiger partial charge in [-0.05, 0) is 31.5 Å². The molecule has 2 unspecified atom stereocenters. The molecule has 1 heterocycles. The van der Waals surface area contributed by atoms with E-state index in [-0.39, 0.29) is 0 Å². The van der Waals surface area contributed by atoms with Gasteiger partial charge in [-0.3, -0.25) is 4.90 Å². The predicted molar refractivity (Wildman–Crippen MR) is 86.1 cm³/mol. The van der Waals surface area contributed by atoms with Gasteiger partial charge in [-0.1, -0.05) is 19.9 Å². The van der Waals surface area contributed by atoms with E-state index < -0.39 is 0 Å². The Hall–Kier alpha value is -1.26. The highest BCUT2D eigenvalue weighted by Crippen LogP contribution is 2.27. The van der Waals surface area contributed by atoms with E-state index in [1.807, 2.05) is 12.1 Å². The number of nitrogens with zero attached hydrogens (tertiary/aromatic N) is 1. The molecule has 0 bridgehead atoms. The summed E-state index contributed by atoms with van der Waals surface area (Å²) in [6.45, 7) is 8.79. The van der Waals surface area contributed by atoms with Crippen LogP contribution in [0, 0.1) is 5.92 Å². The highest BCUT2D eigenvalue weighted by atomic mass is 16.5. The minimum absolute atomic E-state index is 0.656. The lowest BCUT2D eigenvalue weighted by Crippen LogP contribution is -2.47. The Morgan fingerprint density at radius 2 is 2.10 bits per heavy atom. The fraction of sp³-hybridized carbons (Fsp3) is 0.647. The van der Waals surface area contributed by atoms with Crippen molar-refractivity contribution in [2.45, 2.75) is 32.9 Å². The van der Waals surface area contributed by atoms with E-state index in [9.17, 15) is 0 Å². The molecule has 4 nitrogen and oxygen atoms in total. The zero-order valence-electron chi connectivity index (χ0n) is 13.7. The summed E-state index contributed by atoms with van der Waals surface area (Å²) in [5, 5.41) is 3.59. The van der Waals surface area contributed by atoms with Crippen LogP contribution in [0.4, 0.5) is 0 Å². The van der Waals surface area contributed by atoms with Crippen molar-refractivity contribution in [1.82, 2.24) is 10.2 Å². The first-order chi connectivity index (χ1) is 10.2. The third-order valence-corrected chi connectivity index (χ3v) is 4.34. The molecule has 1 aromatic rings. The second-order valence-corrected chi connectivity index (χ2v) is 5.84. The van der Waals surface area contributed by atoms with Crippen molar-refractivity contribution in [3.8, 4) is 11.5 Å². The van der Waals surface area contributed by atoms with Crippen molar-refractivity contribution in [3.63, 3.8) is 0 Å². The first-order valence-electron chi connectivity index (χ1n) is 7.84. The number of likely N-dealkylation sites (tertiary alicyclic amines) is 1. The number of hydrogen-bond acceptors (Lipinski definition) is 4. The number of ether oxygens (including phenoxy) is 2. The summed E-state index contributed by atoms with van der Waals surface area (Å²) in [6, 6.07) is 6.74. The lowest BCUT2D eigenvalue weighted by Gasteiger charge is -2.37. The fourth-order valence-electron chi connectivity index (χ4n) is 3.16. The second kappa shape index (κ2) is 7.66. The molecule has 0 radical (unpaired) electrons. The summed E-state index contributed by atoms with van der Waals surface area (Å²) < 4.78 is 10.8. The topological polar surface area (TPSA) is 33.7 Å². The average molecular weight is 292 g/mol. The quantitative estimate of drug-likeness (QED) is 0.873. The van der Waals surface area contributed by atoms with Crippen LogP contribution in [0.3, 0.4) is 0 Å². The summed E-state index contributed by atoms with van der Waals surface area (Å²) in [5.41, 5.74) is 1.23. The molecule has 1 fully saturated rings. The van der Waals surface area contributed by atoms with Gasteiger partial charge in [0, 0.05) is 30.8 Å². The standard InChI is InChI=1S/C17H28N2O2/c1-5-18-16-8-9-19(11-13(16)2)12-14-6-7-15(20-3)10-17(14)21-4/h6-7,10,13,16,18H,5,8-9,11-12H2,1-4H3. The second-order valence-electron chi connectivity index (χ2n) is 5.84. The molecular formula is C17H28N2O2. The molecule has 0 spiro atoms. The zero-order valence-corrected chi connectivity index (χ0v) is 13.7. The maximum absolute atomic E-state index is 5.50. The SMILES string of the molecule is CCNC1CCN(Cc2ccc(OC)cc2OC)CC1C. The molecule has 118 valence electrons. The molecule has 2 rings (SSSR count). The molecular weight excluding hydrogens is 264 g/mol. The molecule has 1 aliphatic rings. The molecule has 0 aromatic heterocycles. The van der Waals surface area contributed by atoms with E-state index in [4.69, 9.17) is 9.47 Å². The Morgan fingerprint density at radius 1 is 1.29 bits per heavy atom. The Morgan fingerprint density at radius 3 is 2.71 bits per heavy atom. The normalized spacial score (nSPS) is 23.0. The largest absolute Gasteiger partial charge is 0.497 e. The minimum atomic E-state index is 0.656. The zero-order chi connectivity index (χ0) is 15.2. The van der Waals surface area contributed by atoms with Crippen LogP contribution in [0.2, 0.25) is 0 Å². The van der Waals surface area contributed by atoms with Gasteiger partial charge < -0.3 is 14.8 Å². The van der Waals surface area contributed by atoms with Gasteiger partial charge >= 0.3 is 0 Å². The van der Waals surface area contributed by atoms with Crippen LogP contribution >= 0.6 is 0 Å². The number of nitrogens with one attached hydrogen (secondary N) is 1.